The molecule has 0 bridgehead atoms. The van der Waals surface area contributed by atoms with Gasteiger partial charge in [-0.1, -0.05) is 6.92 Å². The molecular weight excluding hydrogens is 74.1 g/mol. The first-order valence-electron chi connectivity index (χ1n) is 2.51. The van der Waals surface area contributed by atoms with Gasteiger partial charge in [-0.2, -0.15) is 0 Å². The van der Waals surface area contributed by atoms with E-state index in [1.807, 2.05) is 0 Å². The van der Waals surface area contributed by atoms with Gasteiger partial charge < -0.3 is 0 Å². The molecule has 0 N–H and O–H groups in total. The molecule has 0 radical (unpaired) electrons. The van der Waals surface area contributed by atoms with Crippen LogP contribution in [0.3, 0.4) is 0 Å². The lowest BCUT2D eigenvalue weighted by molar-refractivity contribution is 0.760. The lowest BCUT2D eigenvalue weighted by atomic mass is 10.3. The Hall–Kier alpha value is -0.330. The monoisotopic (exact) mass is 81.1 g/mol. The number of hydrogen-bond donors (Lipinski definition) is 0. The normalized spacial score (nSPS) is 47.2. The van der Waals surface area contributed by atoms with Gasteiger partial charge in [0.2, 0.25) is 0 Å². The van der Waals surface area contributed by atoms with Crippen molar-refractivity contribution in [2.24, 2.45) is 10.9 Å². The molecule has 2 unspecified atom stereocenters. The van der Waals surface area contributed by atoms with Gasteiger partial charge in [0.05, 0.1) is 6.04 Å². The third-order valence-electron chi connectivity index (χ3n) is 1.62. The van der Waals surface area contributed by atoms with Crippen LogP contribution in [-0.4, -0.2) is 11.8 Å². The largest absolute Gasteiger partial charge is 0.281 e. The molecule has 1 saturated carbocycles. The van der Waals surface area contributed by atoms with Gasteiger partial charge >= 0.3 is 0 Å². The highest BCUT2D eigenvalue weighted by Crippen LogP contribution is 2.45. The molecule has 0 amide bonds. The van der Waals surface area contributed by atoms with Crippen molar-refractivity contribution >= 4 is 5.71 Å². The minimum Gasteiger partial charge on any atom is -0.281 e. The maximum Gasteiger partial charge on any atom is 0.0961 e. The first kappa shape index (κ1) is 2.78. The predicted octanol–water partition coefficient (Wildman–Crippen LogP) is 0.849. The standard InChI is InChI=1S/C5H7N/c1-2-3-4-5(3)6-4/h3-4H,2H2,1H3. The molecule has 1 heterocycles. The van der Waals surface area contributed by atoms with Gasteiger partial charge in [-0.05, 0) is 6.42 Å². The molecule has 0 aromatic heterocycles. The zero-order valence-electron chi connectivity index (χ0n) is 3.81. The molecule has 2 rings (SSSR count). The van der Waals surface area contributed by atoms with Crippen LogP contribution in [-0.2, 0) is 0 Å². The number of nitrogens with zero attached hydrogens (tertiary/aromatic N) is 1. The van der Waals surface area contributed by atoms with E-state index in [1.54, 1.807) is 0 Å². The first-order valence-corrected chi connectivity index (χ1v) is 2.51. The summed E-state index contributed by atoms with van der Waals surface area (Å²) in [4.78, 5) is 4.07. The molecule has 0 spiro atoms. The van der Waals surface area contributed by atoms with Gasteiger partial charge in [-0.15, -0.1) is 0 Å². The Morgan fingerprint density at radius 2 is 2.50 bits per heavy atom. The van der Waals surface area contributed by atoms with Crippen molar-refractivity contribution in [3.05, 3.63) is 0 Å². The summed E-state index contributed by atoms with van der Waals surface area (Å²) in [5, 5.41) is 0. The first-order chi connectivity index (χ1) is 2.93. The Bertz CT molecular complexity index is 115. The summed E-state index contributed by atoms with van der Waals surface area (Å²) in [5.41, 5.74) is 1.50. The van der Waals surface area contributed by atoms with E-state index in [-0.39, 0.29) is 0 Å². The summed E-state index contributed by atoms with van der Waals surface area (Å²) < 4.78 is 0. The van der Waals surface area contributed by atoms with Crippen molar-refractivity contribution in [3.8, 4) is 0 Å². The smallest absolute Gasteiger partial charge is 0.0961 e. The van der Waals surface area contributed by atoms with E-state index in [0.717, 1.165) is 12.0 Å². The molecule has 32 valence electrons. The molecule has 1 aliphatic heterocycles. The Morgan fingerprint density at radius 1 is 1.83 bits per heavy atom. The third kappa shape index (κ3) is 0.140. The summed E-state index contributed by atoms with van der Waals surface area (Å²) in [6.07, 6.45) is 1.32. The van der Waals surface area contributed by atoms with E-state index >= 15 is 0 Å². The van der Waals surface area contributed by atoms with E-state index in [0.29, 0.717) is 0 Å². The molecule has 0 saturated heterocycles. The highest BCUT2D eigenvalue weighted by Gasteiger charge is 2.55. The minimum absolute atomic E-state index is 0.773. The van der Waals surface area contributed by atoms with Crippen molar-refractivity contribution < 1.29 is 0 Å². The summed E-state index contributed by atoms with van der Waals surface area (Å²) in [6, 6.07) is 0.773. The zero-order chi connectivity index (χ0) is 4.15. The van der Waals surface area contributed by atoms with Gasteiger partial charge in [0, 0.05) is 11.6 Å². The van der Waals surface area contributed by atoms with Crippen LogP contribution in [0, 0.1) is 5.92 Å². The van der Waals surface area contributed by atoms with E-state index in [1.165, 1.54) is 12.1 Å². The Balaban J connectivity index is 2.06. The van der Waals surface area contributed by atoms with Gasteiger partial charge in [-0.25, -0.2) is 0 Å². The number of aliphatic imine (C=N–C) groups is 1. The Morgan fingerprint density at radius 3 is 2.50 bits per heavy atom. The third-order valence-corrected chi connectivity index (χ3v) is 1.62. The van der Waals surface area contributed by atoms with Crippen LogP contribution in [0.25, 0.3) is 0 Å². The average molecular weight is 81.1 g/mol. The molecule has 0 aromatic carbocycles. The fraction of sp³-hybridized carbons (Fsp3) is 0.800. The molecule has 1 heteroatoms. The number of hydrogen-bond acceptors (Lipinski definition) is 1. The summed E-state index contributed by atoms with van der Waals surface area (Å²) in [6.45, 7) is 2.22. The van der Waals surface area contributed by atoms with Gasteiger partial charge in [0.15, 0.2) is 0 Å². The SMILES string of the molecule is CCC1C2=NC21. The van der Waals surface area contributed by atoms with Crippen molar-refractivity contribution in [1.29, 1.82) is 0 Å². The van der Waals surface area contributed by atoms with Crippen molar-refractivity contribution in [1.82, 2.24) is 0 Å². The van der Waals surface area contributed by atoms with Crippen LogP contribution in [0.15, 0.2) is 4.99 Å². The topological polar surface area (TPSA) is 12.4 Å². The fourth-order valence-electron chi connectivity index (χ4n) is 0.946. The van der Waals surface area contributed by atoms with E-state index in [2.05, 4.69) is 11.9 Å². The quantitative estimate of drug-likeness (QED) is 0.443. The van der Waals surface area contributed by atoms with Crippen molar-refractivity contribution in [2.75, 3.05) is 0 Å². The van der Waals surface area contributed by atoms with Crippen molar-refractivity contribution in [2.45, 2.75) is 19.4 Å². The molecule has 2 atom stereocenters. The molecule has 0 aromatic rings. The average Bonchev–Trinajstić information content (AvgIpc) is 2.12. The highest BCUT2D eigenvalue weighted by molar-refractivity contribution is 6.18. The second-order valence-electron chi connectivity index (χ2n) is 2.01. The molecule has 6 heavy (non-hydrogen) atoms. The maximum absolute atomic E-state index is 4.07. The fourth-order valence-corrected chi connectivity index (χ4v) is 0.946. The summed E-state index contributed by atoms with van der Waals surface area (Å²) in [5.74, 6) is 0.949. The summed E-state index contributed by atoms with van der Waals surface area (Å²) >= 11 is 0. The molecular formula is C5H7N. The molecule has 1 fully saturated rings. The van der Waals surface area contributed by atoms with Crippen LogP contribution in [0.2, 0.25) is 0 Å². The Labute approximate surface area is 37.1 Å². The second kappa shape index (κ2) is 0.552. The lowest BCUT2D eigenvalue weighted by Crippen LogP contribution is -1.80. The van der Waals surface area contributed by atoms with Gasteiger partial charge in [0.1, 0.15) is 0 Å². The highest BCUT2D eigenvalue weighted by atomic mass is 15.1. The second-order valence-corrected chi connectivity index (χ2v) is 2.01. The van der Waals surface area contributed by atoms with E-state index in [9.17, 15) is 0 Å². The van der Waals surface area contributed by atoms with E-state index in [4.69, 9.17) is 0 Å². The number of rotatable bonds is 1. The zero-order valence-corrected chi connectivity index (χ0v) is 3.81. The Kier molecular flexibility index (Phi) is 0.256. The summed E-state index contributed by atoms with van der Waals surface area (Å²) in [7, 11) is 0. The van der Waals surface area contributed by atoms with Crippen LogP contribution in [0.4, 0.5) is 0 Å². The van der Waals surface area contributed by atoms with Crippen molar-refractivity contribution in [3.63, 3.8) is 0 Å². The predicted molar refractivity (Wildman–Crippen MR) is 25.0 cm³/mol. The minimum atomic E-state index is 0.773. The van der Waals surface area contributed by atoms with E-state index < -0.39 is 0 Å². The lowest BCUT2D eigenvalue weighted by Gasteiger charge is -1.83. The van der Waals surface area contributed by atoms with Crippen LogP contribution in [0.1, 0.15) is 13.3 Å². The molecule has 2 aliphatic rings. The van der Waals surface area contributed by atoms with Crippen LogP contribution >= 0.6 is 0 Å². The maximum atomic E-state index is 4.07. The molecule has 1 aliphatic carbocycles. The van der Waals surface area contributed by atoms with Gasteiger partial charge in [0.25, 0.3) is 0 Å². The van der Waals surface area contributed by atoms with Gasteiger partial charge in [-0.3, -0.25) is 4.99 Å². The molecule has 1 nitrogen and oxygen atoms in total. The number of fused-ring (bicyclic) bond motifs is 1. The van der Waals surface area contributed by atoms with Crippen LogP contribution in [0.5, 0.6) is 0 Å². The van der Waals surface area contributed by atoms with Crippen LogP contribution < -0.4 is 0 Å².